The third kappa shape index (κ3) is 3.51. The molecule has 0 amide bonds. The van der Waals surface area contributed by atoms with Crippen molar-refractivity contribution < 1.29 is 9.53 Å². The van der Waals surface area contributed by atoms with Crippen LogP contribution >= 0.6 is 11.6 Å². The summed E-state index contributed by atoms with van der Waals surface area (Å²) >= 11 is 7.02. The van der Waals surface area contributed by atoms with Crippen LogP contribution in [-0.2, 0) is 14.4 Å². The molecule has 2 aromatic rings. The molecule has 2 heterocycles. The van der Waals surface area contributed by atoms with Crippen molar-refractivity contribution in [3.8, 4) is 0 Å². The Hall–Kier alpha value is -1.84. The minimum absolute atomic E-state index is 0.0606. The Morgan fingerprint density at radius 2 is 1.44 bits per heavy atom. The zero-order valence-corrected chi connectivity index (χ0v) is 16.4. The molecular formula is C23H26ClNO2. The Labute approximate surface area is 166 Å². The van der Waals surface area contributed by atoms with Gasteiger partial charge in [-0.15, -0.1) is 0 Å². The van der Waals surface area contributed by atoms with Gasteiger partial charge in [-0.1, -0.05) is 78.7 Å². The van der Waals surface area contributed by atoms with Crippen LogP contribution < -0.4 is 0 Å². The van der Waals surface area contributed by atoms with Gasteiger partial charge in [-0.3, -0.25) is 0 Å². The van der Waals surface area contributed by atoms with Crippen LogP contribution in [0.5, 0.6) is 0 Å². The van der Waals surface area contributed by atoms with E-state index >= 15 is 0 Å². The zero-order chi connectivity index (χ0) is 18.9. The molecule has 2 aliphatic rings. The van der Waals surface area contributed by atoms with Crippen LogP contribution in [-0.4, -0.2) is 36.1 Å². The number of halogens is 1. The lowest BCUT2D eigenvalue weighted by Gasteiger charge is -2.46. The monoisotopic (exact) mass is 383 g/mol. The maximum Gasteiger partial charge on any atom is 0.336 e. The van der Waals surface area contributed by atoms with Crippen LogP contribution in [0.15, 0.2) is 60.7 Å². The van der Waals surface area contributed by atoms with Crippen molar-refractivity contribution in [2.75, 3.05) is 7.05 Å². The number of ether oxygens (including phenoxy) is 1. The second kappa shape index (κ2) is 7.65. The van der Waals surface area contributed by atoms with Gasteiger partial charge >= 0.3 is 5.97 Å². The molecule has 2 aliphatic heterocycles. The van der Waals surface area contributed by atoms with E-state index in [4.69, 9.17) is 16.3 Å². The highest BCUT2D eigenvalue weighted by Crippen LogP contribution is 2.40. The smallest absolute Gasteiger partial charge is 0.336 e. The fourth-order valence-electron chi connectivity index (χ4n) is 4.63. The van der Waals surface area contributed by atoms with Gasteiger partial charge in [0.2, 0.25) is 0 Å². The SMILES string of the molecule is CN1C2CCCC1CC(OC(=O)C(Cl)(c1ccccc1)c1ccccc1)C2. The molecule has 0 N–H and O–H groups in total. The number of fused-ring (bicyclic) bond motifs is 2. The van der Waals surface area contributed by atoms with Crippen molar-refractivity contribution in [2.24, 2.45) is 0 Å². The molecule has 0 spiro atoms. The number of hydrogen-bond donors (Lipinski definition) is 0. The summed E-state index contributed by atoms with van der Waals surface area (Å²) in [6.07, 6.45) is 5.38. The second-order valence-electron chi connectivity index (χ2n) is 7.79. The molecule has 0 aliphatic carbocycles. The number of benzene rings is 2. The molecule has 2 unspecified atom stereocenters. The molecule has 0 aromatic heterocycles. The first-order chi connectivity index (χ1) is 13.1. The van der Waals surface area contributed by atoms with E-state index in [-0.39, 0.29) is 12.1 Å². The summed E-state index contributed by atoms with van der Waals surface area (Å²) in [7, 11) is 2.20. The lowest BCUT2D eigenvalue weighted by atomic mass is 9.83. The standard InChI is InChI=1S/C23H26ClNO2/c1-25-19-13-8-14-20(25)16-21(15-19)27-22(26)23(24,17-9-4-2-5-10-17)18-11-6-3-7-12-18/h2-7,9-12,19-21H,8,13-16H2,1H3. The largest absolute Gasteiger partial charge is 0.460 e. The van der Waals surface area contributed by atoms with E-state index in [9.17, 15) is 4.79 Å². The fourth-order valence-corrected chi connectivity index (χ4v) is 4.93. The summed E-state index contributed by atoms with van der Waals surface area (Å²) in [6.45, 7) is 0. The van der Waals surface area contributed by atoms with E-state index in [1.165, 1.54) is 19.3 Å². The maximum atomic E-state index is 13.4. The van der Waals surface area contributed by atoms with E-state index in [1.54, 1.807) is 0 Å². The minimum Gasteiger partial charge on any atom is -0.460 e. The molecule has 2 bridgehead atoms. The van der Waals surface area contributed by atoms with Crippen molar-refractivity contribution in [1.82, 2.24) is 4.90 Å². The Morgan fingerprint density at radius 1 is 0.963 bits per heavy atom. The van der Waals surface area contributed by atoms with E-state index in [2.05, 4.69) is 11.9 Å². The Balaban J connectivity index is 1.60. The van der Waals surface area contributed by atoms with E-state index in [0.29, 0.717) is 12.1 Å². The van der Waals surface area contributed by atoms with E-state index in [1.807, 2.05) is 60.7 Å². The predicted octanol–water partition coefficient (Wildman–Crippen LogP) is 4.73. The van der Waals surface area contributed by atoms with Gasteiger partial charge in [-0.25, -0.2) is 4.79 Å². The number of nitrogens with zero attached hydrogens (tertiary/aromatic N) is 1. The number of carbonyl (C=O) groups is 1. The number of piperidine rings is 2. The summed E-state index contributed by atoms with van der Waals surface area (Å²) < 4.78 is 6.05. The fraction of sp³-hybridized carbons (Fsp3) is 0.435. The summed E-state index contributed by atoms with van der Waals surface area (Å²) in [5.74, 6) is -0.366. The van der Waals surface area contributed by atoms with Gasteiger partial charge in [0.15, 0.2) is 4.87 Å². The van der Waals surface area contributed by atoms with Crippen LogP contribution in [0, 0.1) is 0 Å². The lowest BCUT2D eigenvalue weighted by molar-refractivity contribution is -0.157. The normalized spacial score (nSPS) is 25.8. The van der Waals surface area contributed by atoms with Crippen LogP contribution in [0.3, 0.4) is 0 Å². The molecule has 4 rings (SSSR count). The van der Waals surface area contributed by atoms with Gasteiger partial charge in [-0.2, -0.15) is 0 Å². The van der Waals surface area contributed by atoms with Crippen molar-refractivity contribution in [1.29, 1.82) is 0 Å². The van der Waals surface area contributed by atoms with Crippen molar-refractivity contribution >= 4 is 17.6 Å². The Morgan fingerprint density at radius 3 is 1.93 bits per heavy atom. The molecule has 27 heavy (non-hydrogen) atoms. The molecule has 0 radical (unpaired) electrons. The van der Waals surface area contributed by atoms with Crippen LogP contribution in [0.2, 0.25) is 0 Å². The predicted molar refractivity (Wildman–Crippen MR) is 108 cm³/mol. The topological polar surface area (TPSA) is 29.5 Å². The van der Waals surface area contributed by atoms with Crippen LogP contribution in [0.1, 0.15) is 43.2 Å². The molecule has 4 heteroatoms. The summed E-state index contributed by atoms with van der Waals surface area (Å²) in [6, 6.07) is 20.1. The summed E-state index contributed by atoms with van der Waals surface area (Å²) in [5.41, 5.74) is 1.49. The average molecular weight is 384 g/mol. The molecule has 142 valence electrons. The third-order valence-electron chi connectivity index (χ3n) is 6.19. The number of hydrogen-bond acceptors (Lipinski definition) is 3. The van der Waals surface area contributed by atoms with Crippen molar-refractivity contribution in [3.63, 3.8) is 0 Å². The van der Waals surface area contributed by atoms with Gasteiger partial charge < -0.3 is 9.64 Å². The average Bonchev–Trinajstić information content (AvgIpc) is 2.69. The van der Waals surface area contributed by atoms with Crippen LogP contribution in [0.4, 0.5) is 0 Å². The van der Waals surface area contributed by atoms with E-state index in [0.717, 1.165) is 24.0 Å². The second-order valence-corrected chi connectivity index (χ2v) is 8.36. The number of carbonyl (C=O) groups excluding carboxylic acids is 1. The molecule has 2 saturated heterocycles. The van der Waals surface area contributed by atoms with Gasteiger partial charge in [0.25, 0.3) is 0 Å². The summed E-state index contributed by atoms with van der Waals surface area (Å²) in [5, 5.41) is 0. The molecule has 2 fully saturated rings. The highest BCUT2D eigenvalue weighted by atomic mass is 35.5. The van der Waals surface area contributed by atoms with Crippen molar-refractivity contribution in [2.45, 2.75) is 55.2 Å². The van der Waals surface area contributed by atoms with Crippen LogP contribution in [0.25, 0.3) is 0 Å². The Bertz CT molecular complexity index is 726. The first kappa shape index (κ1) is 18.5. The first-order valence-electron chi connectivity index (χ1n) is 9.82. The lowest BCUT2D eigenvalue weighted by Crippen LogP contribution is -2.52. The third-order valence-corrected chi connectivity index (χ3v) is 6.79. The highest BCUT2D eigenvalue weighted by molar-refractivity contribution is 6.36. The zero-order valence-electron chi connectivity index (χ0n) is 15.7. The molecular weight excluding hydrogens is 358 g/mol. The maximum absolute atomic E-state index is 13.4. The number of rotatable bonds is 4. The molecule has 2 atom stereocenters. The van der Waals surface area contributed by atoms with Gasteiger partial charge in [0, 0.05) is 12.1 Å². The Kier molecular flexibility index (Phi) is 5.25. The minimum atomic E-state index is -1.32. The number of alkyl halides is 1. The summed E-state index contributed by atoms with van der Waals surface area (Å²) in [4.78, 5) is 14.5. The molecule has 2 aromatic carbocycles. The quantitative estimate of drug-likeness (QED) is 0.564. The molecule has 3 nitrogen and oxygen atoms in total. The van der Waals surface area contributed by atoms with E-state index < -0.39 is 4.87 Å². The first-order valence-corrected chi connectivity index (χ1v) is 10.2. The van der Waals surface area contributed by atoms with Crippen molar-refractivity contribution in [3.05, 3.63) is 71.8 Å². The van der Waals surface area contributed by atoms with Gasteiger partial charge in [-0.05, 0) is 43.9 Å². The van der Waals surface area contributed by atoms with Gasteiger partial charge in [0.05, 0.1) is 0 Å². The van der Waals surface area contributed by atoms with Gasteiger partial charge in [0.1, 0.15) is 6.10 Å². The highest BCUT2D eigenvalue weighted by Gasteiger charge is 2.45. The molecule has 0 saturated carbocycles. The number of esters is 1.